The third kappa shape index (κ3) is 6.67. The second-order valence-corrected chi connectivity index (χ2v) is 14.6. The van der Waals surface area contributed by atoms with Gasteiger partial charge in [-0.15, -0.1) is 0 Å². The number of hydrogen-bond acceptors (Lipinski definition) is 11. The number of aromatic amines is 1. The number of methoxy groups -OCH3 is 4. The van der Waals surface area contributed by atoms with Crippen LogP contribution in [-0.2, 0) is 16.6 Å². The summed E-state index contributed by atoms with van der Waals surface area (Å²) in [5.41, 5.74) is 2.22. The lowest BCUT2D eigenvalue weighted by molar-refractivity contribution is -0.0713. The minimum Gasteiger partial charge on any atom is -0.497 e. The van der Waals surface area contributed by atoms with Gasteiger partial charge >= 0.3 is 0 Å². The zero-order chi connectivity index (χ0) is 39.3. The molecule has 0 radical (unpaired) electrons. The molecule has 52 heavy (non-hydrogen) atoms. The SMILES string of the molecule is [2H]C([2H])([2H])N1CCC(F)(F)C(c2cc(OC)c(S(=O)(=O)N(Cc3ccc(OC)cc3)c3noc4cc(Nc5cc(C6CC6)[nH]n5)c(OC)cc34)c(OC)c2)C1. The van der Waals surface area contributed by atoms with Crippen molar-refractivity contribution in [3.63, 3.8) is 0 Å². The van der Waals surface area contributed by atoms with Crippen molar-refractivity contribution in [3.05, 3.63) is 71.4 Å². The predicted octanol–water partition coefficient (Wildman–Crippen LogP) is 6.66. The van der Waals surface area contributed by atoms with Crippen molar-refractivity contribution in [2.24, 2.45) is 0 Å². The van der Waals surface area contributed by atoms with E-state index >= 15 is 17.2 Å². The third-order valence-electron chi connectivity index (χ3n) is 9.43. The number of nitrogens with one attached hydrogen (secondary N) is 2. The van der Waals surface area contributed by atoms with Crippen LogP contribution in [0.25, 0.3) is 11.0 Å². The van der Waals surface area contributed by atoms with E-state index in [1.165, 1.54) is 40.6 Å². The number of fused-ring (bicyclic) bond motifs is 1. The summed E-state index contributed by atoms with van der Waals surface area (Å²) in [6.45, 7) is -3.71. The van der Waals surface area contributed by atoms with Crippen molar-refractivity contribution in [1.82, 2.24) is 20.3 Å². The summed E-state index contributed by atoms with van der Waals surface area (Å²) in [4.78, 5) is 0.536. The topological polar surface area (TPSA) is 144 Å². The molecule has 2 fully saturated rings. The molecule has 0 bridgehead atoms. The van der Waals surface area contributed by atoms with Gasteiger partial charge < -0.3 is 33.7 Å². The number of ether oxygens (including phenoxy) is 4. The third-order valence-corrected chi connectivity index (χ3v) is 11.2. The molecule has 7 rings (SSSR count). The molecular weight excluding hydrogens is 698 g/mol. The first kappa shape index (κ1) is 31.6. The number of alkyl halides is 2. The zero-order valence-electron chi connectivity index (χ0n) is 31.9. The number of H-pyrrole nitrogens is 1. The fourth-order valence-electron chi connectivity index (χ4n) is 6.43. The van der Waals surface area contributed by atoms with Crippen molar-refractivity contribution in [3.8, 4) is 23.0 Å². The van der Waals surface area contributed by atoms with E-state index in [1.807, 2.05) is 6.07 Å². The molecule has 1 atom stereocenters. The second kappa shape index (κ2) is 13.8. The standard InChI is InChI=1S/C36H40F2N6O7S/c1-43-13-12-36(37,38)26(20-43)23-14-31(49-4)34(32(15-23)50-5)52(45,46)44(19-21-6-10-24(47-2)11-7-21)35-25-16-30(48-3)28(17-29(25)51-42-35)39-33-18-27(40-41-33)22-8-9-22/h6-7,10-11,14-18,22,26H,8-9,12-13,19-20H2,1-5H3,(H2,39,40,41)/i1D3. The van der Waals surface area contributed by atoms with E-state index in [1.54, 1.807) is 36.4 Å². The van der Waals surface area contributed by atoms with Crippen LogP contribution < -0.4 is 28.6 Å². The molecule has 5 aromatic rings. The molecule has 276 valence electrons. The first-order chi connectivity index (χ1) is 26.2. The molecule has 3 aromatic carbocycles. The number of aromatic nitrogens is 3. The van der Waals surface area contributed by atoms with Crippen molar-refractivity contribution in [1.29, 1.82) is 0 Å². The first-order valence-electron chi connectivity index (χ1n) is 18.0. The Morgan fingerprint density at radius 1 is 1.02 bits per heavy atom. The molecule has 2 aliphatic rings. The molecule has 13 nitrogen and oxygen atoms in total. The number of halogens is 2. The molecular formula is C36H40F2N6O7S. The van der Waals surface area contributed by atoms with Crippen LogP contribution in [0.3, 0.4) is 0 Å². The van der Waals surface area contributed by atoms with Gasteiger partial charge in [-0.25, -0.2) is 21.5 Å². The summed E-state index contributed by atoms with van der Waals surface area (Å²) in [7, 11) is 0.655. The number of anilines is 3. The smallest absolute Gasteiger partial charge is 0.273 e. The Morgan fingerprint density at radius 3 is 2.37 bits per heavy atom. The summed E-state index contributed by atoms with van der Waals surface area (Å²) < 4.78 is 113. The van der Waals surface area contributed by atoms with Crippen LogP contribution in [0.1, 0.15) is 52.0 Å². The van der Waals surface area contributed by atoms with E-state index in [2.05, 4.69) is 20.7 Å². The van der Waals surface area contributed by atoms with Crippen LogP contribution in [0.2, 0.25) is 0 Å². The van der Waals surface area contributed by atoms with Gasteiger partial charge in [0, 0.05) is 47.4 Å². The van der Waals surface area contributed by atoms with Crippen LogP contribution in [0.4, 0.5) is 26.1 Å². The lowest BCUT2D eigenvalue weighted by Gasteiger charge is -2.37. The van der Waals surface area contributed by atoms with Crippen molar-refractivity contribution >= 4 is 38.3 Å². The Labute approximate surface area is 304 Å². The average Bonchev–Trinajstić information content (AvgIpc) is 3.78. The highest BCUT2D eigenvalue weighted by Gasteiger charge is 2.45. The summed E-state index contributed by atoms with van der Waals surface area (Å²) in [5.74, 6) is -3.70. The summed E-state index contributed by atoms with van der Waals surface area (Å²) in [6, 6.07) is 14.2. The highest BCUT2D eigenvalue weighted by atomic mass is 32.2. The molecule has 0 amide bonds. The summed E-state index contributed by atoms with van der Waals surface area (Å²) in [5, 5.41) is 15.1. The van der Waals surface area contributed by atoms with Crippen LogP contribution >= 0.6 is 0 Å². The molecule has 1 aliphatic heterocycles. The van der Waals surface area contributed by atoms with Gasteiger partial charge in [-0.05, 0) is 61.3 Å². The quantitative estimate of drug-likeness (QED) is 0.134. The van der Waals surface area contributed by atoms with E-state index in [4.69, 9.17) is 27.6 Å². The van der Waals surface area contributed by atoms with Crippen LogP contribution in [0.5, 0.6) is 23.0 Å². The Bertz CT molecular complexity index is 2270. The molecule has 1 aliphatic carbocycles. The molecule has 2 N–H and O–H groups in total. The monoisotopic (exact) mass is 741 g/mol. The highest BCUT2D eigenvalue weighted by molar-refractivity contribution is 7.93. The van der Waals surface area contributed by atoms with E-state index < -0.39 is 46.7 Å². The maximum Gasteiger partial charge on any atom is 0.273 e. The Balaban J connectivity index is 1.33. The zero-order valence-corrected chi connectivity index (χ0v) is 29.7. The van der Waals surface area contributed by atoms with E-state index in [0.29, 0.717) is 34.5 Å². The number of likely N-dealkylation sites (tertiary alicyclic amines) is 1. The summed E-state index contributed by atoms with van der Waals surface area (Å²) >= 11 is 0. The molecule has 2 aromatic heterocycles. The van der Waals surface area contributed by atoms with E-state index in [9.17, 15) is 0 Å². The lowest BCUT2D eigenvalue weighted by Crippen LogP contribution is -2.43. The number of benzene rings is 3. The average molecular weight is 742 g/mol. The minimum absolute atomic E-state index is 0.0499. The number of hydrogen-bond donors (Lipinski definition) is 2. The predicted molar refractivity (Wildman–Crippen MR) is 190 cm³/mol. The van der Waals surface area contributed by atoms with Gasteiger partial charge in [0.05, 0.1) is 52.0 Å². The second-order valence-electron chi connectivity index (χ2n) is 12.8. The van der Waals surface area contributed by atoms with Gasteiger partial charge in [-0.1, -0.05) is 17.3 Å². The Morgan fingerprint density at radius 2 is 1.73 bits per heavy atom. The number of sulfonamides is 1. The van der Waals surface area contributed by atoms with Gasteiger partial charge in [0.15, 0.2) is 22.1 Å². The molecule has 16 heteroatoms. The van der Waals surface area contributed by atoms with Crippen LogP contribution in [0.15, 0.2) is 64.0 Å². The van der Waals surface area contributed by atoms with Crippen LogP contribution in [0, 0.1) is 0 Å². The summed E-state index contributed by atoms with van der Waals surface area (Å²) in [6.07, 6.45) is 1.48. The lowest BCUT2D eigenvalue weighted by atomic mass is 9.87. The number of nitrogens with zero attached hydrogens (tertiary/aromatic N) is 4. The molecule has 1 unspecified atom stereocenters. The van der Waals surface area contributed by atoms with E-state index in [0.717, 1.165) is 27.7 Å². The van der Waals surface area contributed by atoms with Gasteiger partial charge in [0.2, 0.25) is 0 Å². The Hall–Kier alpha value is -5.09. The minimum atomic E-state index is -4.73. The van der Waals surface area contributed by atoms with Crippen molar-refractivity contribution in [2.45, 2.75) is 48.5 Å². The number of likely N-dealkylation sites (N-methyl/N-ethyl adjacent to an activating group) is 1. The maximum atomic E-state index is 15.5. The van der Waals surface area contributed by atoms with Crippen molar-refractivity contribution in [2.75, 3.05) is 58.1 Å². The maximum absolute atomic E-state index is 15.5. The number of rotatable bonds is 13. The fraction of sp³-hybridized carbons (Fsp3) is 0.389. The number of piperidine rings is 1. The first-order valence-corrected chi connectivity index (χ1v) is 17.9. The molecule has 1 saturated heterocycles. The normalized spacial score (nSPS) is 18.7. The van der Waals surface area contributed by atoms with E-state index in [-0.39, 0.29) is 46.9 Å². The van der Waals surface area contributed by atoms with Crippen LogP contribution in [-0.4, -0.2) is 83.1 Å². The van der Waals surface area contributed by atoms with Gasteiger partial charge in [-0.2, -0.15) is 5.10 Å². The van der Waals surface area contributed by atoms with Crippen molar-refractivity contribution < 1.29 is 44.8 Å². The molecule has 0 spiro atoms. The fourth-order valence-corrected chi connectivity index (χ4v) is 8.12. The van der Waals surface area contributed by atoms with Gasteiger partial charge in [0.25, 0.3) is 15.9 Å². The van der Waals surface area contributed by atoms with Gasteiger partial charge in [-0.3, -0.25) is 5.10 Å². The Kier molecular flexibility index (Phi) is 8.39. The van der Waals surface area contributed by atoms with Gasteiger partial charge in [0.1, 0.15) is 23.0 Å². The molecule has 3 heterocycles. The molecule has 1 saturated carbocycles. The highest BCUT2D eigenvalue weighted by Crippen LogP contribution is 2.47. The largest absolute Gasteiger partial charge is 0.497 e.